The van der Waals surface area contributed by atoms with Gasteiger partial charge in [0.25, 0.3) is 0 Å². The van der Waals surface area contributed by atoms with E-state index in [0.29, 0.717) is 0 Å². The second-order valence-corrected chi connectivity index (χ2v) is 5.62. The second-order valence-electron chi connectivity index (χ2n) is 4.30. The van der Waals surface area contributed by atoms with Crippen LogP contribution in [0.2, 0.25) is 0 Å². The molecule has 0 aliphatic heterocycles. The maximum absolute atomic E-state index is 6.23. The third-order valence-corrected chi connectivity index (χ3v) is 3.99. The third-order valence-electron chi connectivity index (χ3n) is 2.86. The maximum Gasteiger partial charge on any atom is 0.0519 e. The van der Waals surface area contributed by atoms with E-state index < -0.39 is 0 Å². The van der Waals surface area contributed by atoms with Gasteiger partial charge in [0.05, 0.1) is 6.04 Å². The molecule has 0 bridgehead atoms. The largest absolute Gasteiger partial charge is 0.322 e. The van der Waals surface area contributed by atoms with Crippen LogP contribution >= 0.6 is 11.3 Å². The molecule has 0 saturated carbocycles. The van der Waals surface area contributed by atoms with Crippen molar-refractivity contribution in [2.75, 3.05) is 19.6 Å². The Morgan fingerprint density at radius 3 is 2.62 bits per heavy atom. The van der Waals surface area contributed by atoms with Gasteiger partial charge in [-0.25, -0.2) is 0 Å². The lowest BCUT2D eigenvalue weighted by Crippen LogP contribution is -2.32. The molecule has 0 radical (unpaired) electrons. The summed E-state index contributed by atoms with van der Waals surface area (Å²) < 4.78 is 0. The molecule has 0 saturated heterocycles. The number of nitrogens with zero attached hydrogens (tertiary/aromatic N) is 1. The monoisotopic (exact) mass is 240 g/mol. The van der Waals surface area contributed by atoms with Gasteiger partial charge < -0.3 is 10.6 Å². The number of rotatable bonds is 7. The van der Waals surface area contributed by atoms with Crippen molar-refractivity contribution >= 4 is 11.3 Å². The minimum Gasteiger partial charge on any atom is -0.322 e. The number of aryl methyl sites for hydroxylation is 1. The molecule has 0 amide bonds. The van der Waals surface area contributed by atoms with E-state index in [1.165, 1.54) is 29.1 Å². The molecule has 16 heavy (non-hydrogen) atoms. The summed E-state index contributed by atoms with van der Waals surface area (Å²) in [4.78, 5) is 5.11. The lowest BCUT2D eigenvalue weighted by molar-refractivity contribution is 0.267. The molecule has 0 fully saturated rings. The minimum atomic E-state index is 0.176. The fourth-order valence-electron chi connectivity index (χ4n) is 1.78. The number of likely N-dealkylation sites (N-methyl/N-ethyl adjacent to an activating group) is 1. The van der Waals surface area contributed by atoms with Gasteiger partial charge in [-0.05, 0) is 38.6 Å². The molecule has 0 aromatic carbocycles. The van der Waals surface area contributed by atoms with E-state index in [2.05, 4.69) is 37.8 Å². The summed E-state index contributed by atoms with van der Waals surface area (Å²) >= 11 is 1.82. The smallest absolute Gasteiger partial charge is 0.0519 e. The van der Waals surface area contributed by atoms with Gasteiger partial charge in [0.1, 0.15) is 0 Å². The van der Waals surface area contributed by atoms with Crippen molar-refractivity contribution in [2.24, 2.45) is 5.73 Å². The molecule has 92 valence electrons. The van der Waals surface area contributed by atoms with Crippen molar-refractivity contribution in [1.82, 2.24) is 4.90 Å². The number of hydrogen-bond acceptors (Lipinski definition) is 3. The van der Waals surface area contributed by atoms with Crippen LogP contribution in [0.1, 0.15) is 42.5 Å². The van der Waals surface area contributed by atoms with Crippen LogP contribution in [0, 0.1) is 6.92 Å². The molecule has 1 unspecified atom stereocenters. The van der Waals surface area contributed by atoms with Crippen molar-refractivity contribution in [1.29, 1.82) is 0 Å². The van der Waals surface area contributed by atoms with Crippen LogP contribution in [0.4, 0.5) is 0 Å². The van der Waals surface area contributed by atoms with Crippen LogP contribution in [-0.2, 0) is 0 Å². The highest BCUT2D eigenvalue weighted by Crippen LogP contribution is 2.21. The number of nitrogens with two attached hydrogens (primary N) is 1. The van der Waals surface area contributed by atoms with Crippen LogP contribution in [0.3, 0.4) is 0 Å². The predicted molar refractivity (Wildman–Crippen MR) is 73.0 cm³/mol. The molecule has 0 aliphatic carbocycles. The molecule has 2 nitrogen and oxygen atoms in total. The molecule has 1 atom stereocenters. The highest BCUT2D eigenvalue weighted by atomic mass is 32.1. The number of hydrogen-bond donors (Lipinski definition) is 1. The summed E-state index contributed by atoms with van der Waals surface area (Å²) in [6.07, 6.45) is 2.52. The Hall–Kier alpha value is -0.380. The standard InChI is InChI=1S/C13H24N2S/c1-4-6-9-15(5-2)10-12(14)13-8-7-11(3)16-13/h7-8,12H,4-6,9-10,14H2,1-3H3. The van der Waals surface area contributed by atoms with E-state index in [1.807, 2.05) is 11.3 Å². The van der Waals surface area contributed by atoms with Gasteiger partial charge in [-0.2, -0.15) is 0 Å². The van der Waals surface area contributed by atoms with Gasteiger partial charge in [-0.1, -0.05) is 20.3 Å². The number of unbranched alkanes of at least 4 members (excludes halogenated alkanes) is 1. The Morgan fingerprint density at radius 2 is 2.12 bits per heavy atom. The minimum absolute atomic E-state index is 0.176. The zero-order chi connectivity index (χ0) is 12.0. The first-order valence-corrected chi connectivity index (χ1v) is 7.03. The summed E-state index contributed by atoms with van der Waals surface area (Å²) in [5.74, 6) is 0. The Morgan fingerprint density at radius 1 is 1.38 bits per heavy atom. The normalized spacial score (nSPS) is 13.3. The van der Waals surface area contributed by atoms with Crippen molar-refractivity contribution in [3.8, 4) is 0 Å². The highest BCUT2D eigenvalue weighted by molar-refractivity contribution is 7.12. The molecular weight excluding hydrogens is 216 g/mol. The average molecular weight is 240 g/mol. The number of thiophene rings is 1. The quantitative estimate of drug-likeness (QED) is 0.793. The highest BCUT2D eigenvalue weighted by Gasteiger charge is 2.12. The first kappa shape index (κ1) is 13.7. The fourth-order valence-corrected chi connectivity index (χ4v) is 2.65. The summed E-state index contributed by atoms with van der Waals surface area (Å²) in [7, 11) is 0. The molecule has 2 N–H and O–H groups in total. The first-order chi connectivity index (χ1) is 7.67. The van der Waals surface area contributed by atoms with Gasteiger partial charge in [-0.3, -0.25) is 0 Å². The van der Waals surface area contributed by atoms with Gasteiger partial charge in [0.15, 0.2) is 0 Å². The predicted octanol–water partition coefficient (Wildman–Crippen LogP) is 3.18. The fraction of sp³-hybridized carbons (Fsp3) is 0.692. The Balaban J connectivity index is 2.45. The van der Waals surface area contributed by atoms with Crippen molar-refractivity contribution in [2.45, 2.75) is 39.7 Å². The van der Waals surface area contributed by atoms with Crippen molar-refractivity contribution in [3.05, 3.63) is 21.9 Å². The SMILES string of the molecule is CCCCN(CC)CC(N)c1ccc(C)s1. The van der Waals surface area contributed by atoms with Crippen LogP contribution in [0.25, 0.3) is 0 Å². The summed E-state index contributed by atoms with van der Waals surface area (Å²) in [6.45, 7) is 9.83. The van der Waals surface area contributed by atoms with Gasteiger partial charge in [-0.15, -0.1) is 11.3 Å². The molecular formula is C13H24N2S. The molecule has 0 aliphatic rings. The zero-order valence-electron chi connectivity index (χ0n) is 10.7. The molecule has 1 aromatic heterocycles. The van der Waals surface area contributed by atoms with E-state index in [-0.39, 0.29) is 6.04 Å². The lowest BCUT2D eigenvalue weighted by Gasteiger charge is -2.23. The second kappa shape index (κ2) is 7.05. The molecule has 3 heteroatoms. The first-order valence-electron chi connectivity index (χ1n) is 6.21. The van der Waals surface area contributed by atoms with Gasteiger partial charge in [0, 0.05) is 16.3 Å². The van der Waals surface area contributed by atoms with Gasteiger partial charge in [0.2, 0.25) is 0 Å². The molecule has 1 heterocycles. The Kier molecular flexibility index (Phi) is 6.03. The van der Waals surface area contributed by atoms with Crippen molar-refractivity contribution in [3.63, 3.8) is 0 Å². The van der Waals surface area contributed by atoms with Crippen LogP contribution < -0.4 is 5.73 Å². The summed E-state index contributed by atoms with van der Waals surface area (Å²) in [6, 6.07) is 4.50. The Labute approximate surface area is 103 Å². The van der Waals surface area contributed by atoms with E-state index in [1.54, 1.807) is 0 Å². The average Bonchev–Trinajstić information content (AvgIpc) is 2.70. The summed E-state index contributed by atoms with van der Waals surface area (Å²) in [5, 5.41) is 0. The molecule has 1 aromatic rings. The molecule has 0 spiro atoms. The van der Waals surface area contributed by atoms with E-state index in [9.17, 15) is 0 Å². The molecule has 1 rings (SSSR count). The summed E-state index contributed by atoms with van der Waals surface area (Å²) in [5.41, 5.74) is 6.23. The Bertz CT molecular complexity index is 296. The van der Waals surface area contributed by atoms with E-state index in [0.717, 1.165) is 13.1 Å². The van der Waals surface area contributed by atoms with Crippen LogP contribution in [0.15, 0.2) is 12.1 Å². The maximum atomic E-state index is 6.23. The van der Waals surface area contributed by atoms with E-state index in [4.69, 9.17) is 5.73 Å². The van der Waals surface area contributed by atoms with Crippen molar-refractivity contribution < 1.29 is 0 Å². The topological polar surface area (TPSA) is 29.3 Å². The third kappa shape index (κ3) is 4.24. The lowest BCUT2D eigenvalue weighted by atomic mass is 10.2. The van der Waals surface area contributed by atoms with Crippen LogP contribution in [-0.4, -0.2) is 24.5 Å². The van der Waals surface area contributed by atoms with Gasteiger partial charge >= 0.3 is 0 Å². The van der Waals surface area contributed by atoms with E-state index >= 15 is 0 Å². The van der Waals surface area contributed by atoms with Crippen LogP contribution in [0.5, 0.6) is 0 Å². The zero-order valence-corrected chi connectivity index (χ0v) is 11.5.